The fourth-order valence-corrected chi connectivity index (χ4v) is 3.01. The second kappa shape index (κ2) is 6.08. The summed E-state index contributed by atoms with van der Waals surface area (Å²) in [5.74, 6) is 0.440. The van der Waals surface area contributed by atoms with Crippen molar-refractivity contribution in [2.45, 2.75) is 6.54 Å². The van der Waals surface area contributed by atoms with Crippen LogP contribution < -0.4 is 15.8 Å². The molecule has 0 unspecified atom stereocenters. The predicted octanol–water partition coefficient (Wildman–Crippen LogP) is 3.03. The zero-order chi connectivity index (χ0) is 13.8. The average Bonchev–Trinajstić information content (AvgIpc) is 2.81. The number of anilines is 1. The minimum absolute atomic E-state index is 0.194. The summed E-state index contributed by atoms with van der Waals surface area (Å²) in [6.07, 6.45) is 0. The SMILES string of the molecule is COc1ccc(C(=O)NCc2sccc2Br)c(N)c1. The number of amides is 1. The molecule has 0 saturated heterocycles. The average molecular weight is 341 g/mol. The molecule has 0 radical (unpaired) electrons. The molecule has 4 nitrogen and oxygen atoms in total. The lowest BCUT2D eigenvalue weighted by Gasteiger charge is -2.08. The van der Waals surface area contributed by atoms with Crippen molar-refractivity contribution in [2.24, 2.45) is 0 Å². The highest BCUT2D eigenvalue weighted by atomic mass is 79.9. The molecule has 0 saturated carbocycles. The van der Waals surface area contributed by atoms with E-state index in [-0.39, 0.29) is 5.91 Å². The van der Waals surface area contributed by atoms with E-state index in [1.54, 1.807) is 36.6 Å². The topological polar surface area (TPSA) is 64.3 Å². The first-order chi connectivity index (χ1) is 9.11. The van der Waals surface area contributed by atoms with Gasteiger partial charge in [-0.15, -0.1) is 11.3 Å². The van der Waals surface area contributed by atoms with Crippen LogP contribution in [0, 0.1) is 0 Å². The van der Waals surface area contributed by atoms with Crippen LogP contribution >= 0.6 is 27.3 Å². The summed E-state index contributed by atoms with van der Waals surface area (Å²) in [5.41, 5.74) is 6.69. The molecule has 0 bridgehead atoms. The molecule has 100 valence electrons. The molecule has 1 aromatic heterocycles. The van der Waals surface area contributed by atoms with Gasteiger partial charge >= 0.3 is 0 Å². The first-order valence-electron chi connectivity index (χ1n) is 5.55. The van der Waals surface area contributed by atoms with Gasteiger partial charge < -0.3 is 15.8 Å². The van der Waals surface area contributed by atoms with E-state index in [9.17, 15) is 4.79 Å². The van der Waals surface area contributed by atoms with Crippen LogP contribution in [0.4, 0.5) is 5.69 Å². The molecular weight excluding hydrogens is 328 g/mol. The molecule has 0 spiro atoms. The van der Waals surface area contributed by atoms with Gasteiger partial charge in [0.2, 0.25) is 0 Å². The van der Waals surface area contributed by atoms with Crippen molar-refractivity contribution >= 4 is 38.9 Å². The van der Waals surface area contributed by atoms with Gasteiger partial charge in [0, 0.05) is 21.1 Å². The first kappa shape index (κ1) is 13.9. The van der Waals surface area contributed by atoms with Crippen LogP contribution in [-0.4, -0.2) is 13.0 Å². The summed E-state index contributed by atoms with van der Waals surface area (Å²) in [6, 6.07) is 6.96. The molecule has 2 rings (SSSR count). The number of carbonyl (C=O) groups is 1. The fourth-order valence-electron chi connectivity index (χ4n) is 1.58. The summed E-state index contributed by atoms with van der Waals surface area (Å²) in [5, 5.41) is 4.81. The molecule has 2 aromatic rings. The minimum Gasteiger partial charge on any atom is -0.497 e. The van der Waals surface area contributed by atoms with E-state index < -0.39 is 0 Å². The van der Waals surface area contributed by atoms with Crippen LogP contribution in [0.2, 0.25) is 0 Å². The Morgan fingerprint density at radius 2 is 2.26 bits per heavy atom. The highest BCUT2D eigenvalue weighted by Crippen LogP contribution is 2.23. The molecule has 1 aromatic carbocycles. The Morgan fingerprint density at radius 1 is 1.47 bits per heavy atom. The number of methoxy groups -OCH3 is 1. The third kappa shape index (κ3) is 3.27. The molecule has 1 heterocycles. The summed E-state index contributed by atoms with van der Waals surface area (Å²) in [6.45, 7) is 0.475. The number of carbonyl (C=O) groups excluding carboxylic acids is 1. The maximum atomic E-state index is 12.0. The van der Waals surface area contributed by atoms with Crippen molar-refractivity contribution in [2.75, 3.05) is 12.8 Å². The van der Waals surface area contributed by atoms with Gasteiger partial charge in [-0.2, -0.15) is 0 Å². The van der Waals surface area contributed by atoms with Crippen molar-refractivity contribution in [3.05, 3.63) is 44.6 Å². The number of thiophene rings is 1. The predicted molar refractivity (Wildman–Crippen MR) is 80.6 cm³/mol. The number of halogens is 1. The Labute approximate surface area is 123 Å². The first-order valence-corrected chi connectivity index (χ1v) is 7.22. The minimum atomic E-state index is -0.194. The van der Waals surface area contributed by atoms with Crippen molar-refractivity contribution in [1.82, 2.24) is 5.32 Å². The maximum absolute atomic E-state index is 12.0. The van der Waals surface area contributed by atoms with Gasteiger partial charge in [-0.3, -0.25) is 4.79 Å². The van der Waals surface area contributed by atoms with Crippen LogP contribution in [0.25, 0.3) is 0 Å². The number of nitrogen functional groups attached to an aromatic ring is 1. The molecule has 0 fully saturated rings. The molecule has 19 heavy (non-hydrogen) atoms. The van der Waals surface area contributed by atoms with E-state index in [2.05, 4.69) is 21.2 Å². The number of rotatable bonds is 4. The fraction of sp³-hybridized carbons (Fsp3) is 0.154. The van der Waals surface area contributed by atoms with Crippen LogP contribution in [0.5, 0.6) is 5.75 Å². The quantitative estimate of drug-likeness (QED) is 0.840. The maximum Gasteiger partial charge on any atom is 0.253 e. The highest BCUT2D eigenvalue weighted by Gasteiger charge is 2.11. The number of nitrogens with two attached hydrogens (primary N) is 1. The Kier molecular flexibility index (Phi) is 4.44. The Balaban J connectivity index is 2.06. The largest absolute Gasteiger partial charge is 0.497 e. The lowest BCUT2D eigenvalue weighted by molar-refractivity contribution is 0.0952. The van der Waals surface area contributed by atoms with Crippen molar-refractivity contribution in [3.8, 4) is 5.75 Å². The van der Waals surface area contributed by atoms with E-state index >= 15 is 0 Å². The third-order valence-electron chi connectivity index (χ3n) is 2.60. The van der Waals surface area contributed by atoms with Gasteiger partial charge in [0.25, 0.3) is 5.91 Å². The number of ether oxygens (including phenoxy) is 1. The zero-order valence-electron chi connectivity index (χ0n) is 10.3. The zero-order valence-corrected chi connectivity index (χ0v) is 12.7. The van der Waals surface area contributed by atoms with Crippen LogP contribution in [0.3, 0.4) is 0 Å². The van der Waals surface area contributed by atoms with Gasteiger partial charge in [0.05, 0.1) is 19.2 Å². The van der Waals surface area contributed by atoms with Gasteiger partial charge in [-0.05, 0) is 39.5 Å². The number of hydrogen-bond donors (Lipinski definition) is 2. The monoisotopic (exact) mass is 340 g/mol. The highest BCUT2D eigenvalue weighted by molar-refractivity contribution is 9.10. The lowest BCUT2D eigenvalue weighted by Crippen LogP contribution is -2.23. The standard InChI is InChI=1S/C13H13BrN2O2S/c1-18-8-2-3-9(11(15)6-8)13(17)16-7-12-10(14)4-5-19-12/h2-6H,7,15H2,1H3,(H,16,17). The molecule has 6 heteroatoms. The smallest absolute Gasteiger partial charge is 0.253 e. The summed E-state index contributed by atoms with van der Waals surface area (Å²) in [7, 11) is 1.56. The molecule has 0 aliphatic heterocycles. The molecular formula is C13H13BrN2O2S. The summed E-state index contributed by atoms with van der Waals surface area (Å²) >= 11 is 5.01. The second-order valence-corrected chi connectivity index (χ2v) is 5.68. The Morgan fingerprint density at radius 3 is 2.84 bits per heavy atom. The summed E-state index contributed by atoms with van der Waals surface area (Å²) in [4.78, 5) is 13.1. The van der Waals surface area contributed by atoms with Crippen molar-refractivity contribution < 1.29 is 9.53 Å². The molecule has 3 N–H and O–H groups in total. The molecule has 0 aliphatic carbocycles. The van der Waals surface area contributed by atoms with Crippen LogP contribution in [-0.2, 0) is 6.54 Å². The van der Waals surface area contributed by atoms with E-state index in [4.69, 9.17) is 10.5 Å². The van der Waals surface area contributed by atoms with E-state index in [0.29, 0.717) is 23.5 Å². The number of nitrogens with one attached hydrogen (secondary N) is 1. The third-order valence-corrected chi connectivity index (χ3v) is 4.53. The molecule has 1 amide bonds. The van der Waals surface area contributed by atoms with Crippen LogP contribution in [0.15, 0.2) is 34.1 Å². The lowest BCUT2D eigenvalue weighted by atomic mass is 10.1. The van der Waals surface area contributed by atoms with Gasteiger partial charge in [0.15, 0.2) is 0 Å². The van der Waals surface area contributed by atoms with Crippen molar-refractivity contribution in [1.29, 1.82) is 0 Å². The van der Waals surface area contributed by atoms with Gasteiger partial charge in [-0.1, -0.05) is 0 Å². The Bertz CT molecular complexity index is 598. The molecule has 0 atom stereocenters. The Hall–Kier alpha value is -1.53. The number of hydrogen-bond acceptors (Lipinski definition) is 4. The number of benzene rings is 1. The van der Waals surface area contributed by atoms with E-state index in [1.807, 2.05) is 11.4 Å². The van der Waals surface area contributed by atoms with Crippen molar-refractivity contribution in [3.63, 3.8) is 0 Å². The van der Waals surface area contributed by atoms with Gasteiger partial charge in [0.1, 0.15) is 5.75 Å². The summed E-state index contributed by atoms with van der Waals surface area (Å²) < 4.78 is 6.05. The van der Waals surface area contributed by atoms with E-state index in [0.717, 1.165) is 9.35 Å². The van der Waals surface area contributed by atoms with Gasteiger partial charge in [-0.25, -0.2) is 0 Å². The normalized spacial score (nSPS) is 10.2. The van der Waals surface area contributed by atoms with Crippen LogP contribution in [0.1, 0.15) is 15.2 Å². The van der Waals surface area contributed by atoms with E-state index in [1.165, 1.54) is 0 Å². The molecule has 0 aliphatic rings. The second-order valence-electron chi connectivity index (χ2n) is 3.83.